The molecule has 3 aromatic rings. The molecule has 0 saturated heterocycles. The van der Waals surface area contributed by atoms with Crippen LogP contribution in [-0.2, 0) is 6.42 Å². The van der Waals surface area contributed by atoms with Crippen molar-refractivity contribution in [3.8, 4) is 11.1 Å². The van der Waals surface area contributed by atoms with Gasteiger partial charge in [-0.15, -0.1) is 12.4 Å². The van der Waals surface area contributed by atoms with E-state index in [1.165, 1.54) is 16.9 Å². The summed E-state index contributed by atoms with van der Waals surface area (Å²) in [5.74, 6) is 2.20. The van der Waals surface area contributed by atoms with Gasteiger partial charge in [-0.2, -0.15) is 9.61 Å². The summed E-state index contributed by atoms with van der Waals surface area (Å²) in [5, 5.41) is 4.98. The third-order valence-electron chi connectivity index (χ3n) is 6.30. The molecule has 0 atom stereocenters. The van der Waals surface area contributed by atoms with Crippen LogP contribution in [0, 0.1) is 20.8 Å². The lowest BCUT2D eigenvalue weighted by Gasteiger charge is -2.28. The molecular formula is C23H33ClN6. The lowest BCUT2D eigenvalue weighted by Crippen LogP contribution is -2.34. The quantitative estimate of drug-likeness (QED) is 0.586. The van der Waals surface area contributed by atoms with Gasteiger partial charge < -0.3 is 9.80 Å². The molecule has 30 heavy (non-hydrogen) atoms. The van der Waals surface area contributed by atoms with Gasteiger partial charge in [-0.05, 0) is 51.7 Å². The summed E-state index contributed by atoms with van der Waals surface area (Å²) < 4.78 is 2.09. The fourth-order valence-electron chi connectivity index (χ4n) is 4.66. The third-order valence-corrected chi connectivity index (χ3v) is 6.30. The Labute approximate surface area is 185 Å². The van der Waals surface area contributed by atoms with Gasteiger partial charge in [0.05, 0.1) is 11.3 Å². The normalized spacial score (nSPS) is 13.1. The molecule has 4 heterocycles. The zero-order chi connectivity index (χ0) is 20.9. The first kappa shape index (κ1) is 22.3. The molecule has 0 amide bonds. The second-order valence-electron chi connectivity index (χ2n) is 8.36. The van der Waals surface area contributed by atoms with Crippen LogP contribution < -0.4 is 9.80 Å². The van der Waals surface area contributed by atoms with Crippen molar-refractivity contribution in [2.24, 2.45) is 0 Å². The van der Waals surface area contributed by atoms with E-state index in [2.05, 4.69) is 55.1 Å². The molecular weight excluding hydrogens is 396 g/mol. The van der Waals surface area contributed by atoms with E-state index in [0.717, 1.165) is 59.8 Å². The molecule has 6 nitrogen and oxygen atoms in total. The molecule has 4 rings (SSSR count). The van der Waals surface area contributed by atoms with E-state index >= 15 is 0 Å². The van der Waals surface area contributed by atoms with Crippen LogP contribution >= 0.6 is 12.4 Å². The van der Waals surface area contributed by atoms with E-state index in [-0.39, 0.29) is 12.4 Å². The van der Waals surface area contributed by atoms with Crippen LogP contribution in [0.1, 0.15) is 49.2 Å². The number of hydrogen-bond acceptors (Lipinski definition) is 5. The van der Waals surface area contributed by atoms with Gasteiger partial charge in [0.1, 0.15) is 11.6 Å². The maximum absolute atomic E-state index is 5.02. The summed E-state index contributed by atoms with van der Waals surface area (Å²) >= 11 is 0. The van der Waals surface area contributed by atoms with Crippen LogP contribution in [0.3, 0.4) is 0 Å². The van der Waals surface area contributed by atoms with E-state index in [1.807, 2.05) is 25.2 Å². The standard InChI is InChI=1S/C23H32N6.ClH/c1-8-17(9-2)28-11-10-18-15(4)25-22-21(16(5)26-29(22)23(18)28)19-13-24-20(27(6)7)12-14(19)3;/h12-13,17H,8-11H2,1-7H3;1H. The third kappa shape index (κ3) is 3.41. The van der Waals surface area contributed by atoms with Crippen molar-refractivity contribution in [1.82, 2.24) is 19.6 Å². The van der Waals surface area contributed by atoms with E-state index in [0.29, 0.717) is 6.04 Å². The fourth-order valence-corrected chi connectivity index (χ4v) is 4.66. The summed E-state index contributed by atoms with van der Waals surface area (Å²) in [5.41, 5.74) is 7.82. The van der Waals surface area contributed by atoms with Gasteiger partial charge in [0.25, 0.3) is 0 Å². The Morgan fingerprint density at radius 1 is 1.10 bits per heavy atom. The topological polar surface area (TPSA) is 49.6 Å². The number of aryl methyl sites for hydroxylation is 3. The summed E-state index contributed by atoms with van der Waals surface area (Å²) in [4.78, 5) is 14.3. The minimum Gasteiger partial charge on any atom is -0.363 e. The number of aromatic nitrogens is 4. The van der Waals surface area contributed by atoms with Gasteiger partial charge in [0, 0.05) is 49.7 Å². The van der Waals surface area contributed by atoms with Crippen LogP contribution in [0.2, 0.25) is 0 Å². The number of hydrogen-bond donors (Lipinski definition) is 0. The lowest BCUT2D eigenvalue weighted by molar-refractivity contribution is 0.563. The monoisotopic (exact) mass is 428 g/mol. The maximum atomic E-state index is 5.02. The van der Waals surface area contributed by atoms with Crippen molar-refractivity contribution >= 4 is 29.7 Å². The van der Waals surface area contributed by atoms with Gasteiger partial charge in [-0.1, -0.05) is 13.8 Å². The van der Waals surface area contributed by atoms with Crippen molar-refractivity contribution in [3.63, 3.8) is 0 Å². The van der Waals surface area contributed by atoms with Gasteiger partial charge in [-0.25, -0.2) is 9.97 Å². The molecule has 1 aliphatic rings. The Kier molecular flexibility index (Phi) is 6.27. The van der Waals surface area contributed by atoms with Gasteiger partial charge in [0.15, 0.2) is 5.65 Å². The van der Waals surface area contributed by atoms with Crippen LogP contribution in [-0.4, -0.2) is 46.3 Å². The molecule has 0 spiro atoms. The van der Waals surface area contributed by atoms with Gasteiger partial charge in [0.2, 0.25) is 0 Å². The fraction of sp³-hybridized carbons (Fsp3) is 0.522. The second kappa shape index (κ2) is 8.42. The Balaban J connectivity index is 0.00000256. The molecule has 162 valence electrons. The number of pyridine rings is 1. The smallest absolute Gasteiger partial charge is 0.165 e. The molecule has 0 saturated carbocycles. The Hall–Kier alpha value is -2.34. The van der Waals surface area contributed by atoms with E-state index in [4.69, 9.17) is 10.1 Å². The highest BCUT2D eigenvalue weighted by Crippen LogP contribution is 2.38. The minimum absolute atomic E-state index is 0. The summed E-state index contributed by atoms with van der Waals surface area (Å²) in [7, 11) is 4.03. The molecule has 0 aromatic carbocycles. The van der Waals surface area contributed by atoms with E-state index in [9.17, 15) is 0 Å². The zero-order valence-corrected chi connectivity index (χ0v) is 20.0. The Morgan fingerprint density at radius 2 is 1.80 bits per heavy atom. The number of anilines is 2. The molecule has 0 aliphatic carbocycles. The first-order valence-corrected chi connectivity index (χ1v) is 10.7. The molecule has 3 aromatic heterocycles. The lowest BCUT2D eigenvalue weighted by atomic mass is 10.0. The van der Waals surface area contributed by atoms with Gasteiger partial charge in [-0.3, -0.25) is 0 Å². The average Bonchev–Trinajstić information content (AvgIpc) is 3.25. The van der Waals surface area contributed by atoms with Crippen LogP contribution in [0.4, 0.5) is 11.6 Å². The Bertz CT molecular complexity index is 1070. The van der Waals surface area contributed by atoms with E-state index in [1.54, 1.807) is 0 Å². The average molecular weight is 429 g/mol. The molecule has 0 N–H and O–H groups in total. The molecule has 0 fully saturated rings. The molecule has 0 unspecified atom stereocenters. The van der Waals surface area contributed by atoms with Crippen molar-refractivity contribution in [3.05, 3.63) is 34.8 Å². The first-order chi connectivity index (χ1) is 13.9. The first-order valence-electron chi connectivity index (χ1n) is 10.7. The molecule has 7 heteroatoms. The molecule has 0 bridgehead atoms. The summed E-state index contributed by atoms with van der Waals surface area (Å²) in [6.45, 7) is 12.0. The highest BCUT2D eigenvalue weighted by molar-refractivity contribution is 5.85. The zero-order valence-electron chi connectivity index (χ0n) is 19.2. The molecule has 1 aliphatic heterocycles. The van der Waals surface area contributed by atoms with Crippen molar-refractivity contribution in [2.75, 3.05) is 30.4 Å². The van der Waals surface area contributed by atoms with Crippen LogP contribution in [0.25, 0.3) is 16.8 Å². The Morgan fingerprint density at radius 3 is 2.40 bits per heavy atom. The highest BCUT2D eigenvalue weighted by Gasteiger charge is 2.31. The number of fused-ring (bicyclic) bond motifs is 3. The summed E-state index contributed by atoms with van der Waals surface area (Å²) in [6.07, 6.45) is 5.30. The predicted molar refractivity (Wildman–Crippen MR) is 127 cm³/mol. The van der Waals surface area contributed by atoms with Gasteiger partial charge >= 0.3 is 0 Å². The SMILES string of the molecule is CCC(CC)N1CCc2c(C)nc3c(-c4cnc(N(C)C)cc4C)c(C)nn3c21.Cl. The summed E-state index contributed by atoms with van der Waals surface area (Å²) in [6, 6.07) is 2.67. The van der Waals surface area contributed by atoms with Crippen molar-refractivity contribution in [1.29, 1.82) is 0 Å². The van der Waals surface area contributed by atoms with Crippen molar-refractivity contribution in [2.45, 2.75) is 59.9 Å². The maximum Gasteiger partial charge on any atom is 0.165 e. The number of nitrogens with zero attached hydrogens (tertiary/aromatic N) is 6. The largest absolute Gasteiger partial charge is 0.363 e. The van der Waals surface area contributed by atoms with Crippen molar-refractivity contribution < 1.29 is 0 Å². The predicted octanol–water partition coefficient (Wildman–Crippen LogP) is 4.76. The second-order valence-corrected chi connectivity index (χ2v) is 8.36. The number of halogens is 1. The number of rotatable bonds is 5. The van der Waals surface area contributed by atoms with Crippen LogP contribution in [0.5, 0.6) is 0 Å². The van der Waals surface area contributed by atoms with Crippen LogP contribution in [0.15, 0.2) is 12.3 Å². The van der Waals surface area contributed by atoms with E-state index < -0.39 is 0 Å². The highest BCUT2D eigenvalue weighted by atomic mass is 35.5. The minimum atomic E-state index is 0. The molecule has 0 radical (unpaired) electrons.